The molecule has 274 valence electrons. The number of nitrogens with zero attached hydrogens (tertiary/aromatic N) is 3. The van der Waals surface area contributed by atoms with Crippen molar-refractivity contribution in [3.8, 4) is 28.6 Å². The summed E-state index contributed by atoms with van der Waals surface area (Å²) in [5, 5.41) is 19.1. The predicted molar refractivity (Wildman–Crippen MR) is 236 cm³/mol. The van der Waals surface area contributed by atoms with Gasteiger partial charge >= 0.3 is 6.18 Å². The van der Waals surface area contributed by atoms with Gasteiger partial charge in [-0.25, -0.2) is 0 Å². The van der Waals surface area contributed by atoms with Gasteiger partial charge in [0.2, 0.25) is 0 Å². The van der Waals surface area contributed by atoms with E-state index in [0.717, 1.165) is 75.5 Å². The number of hydrogen-bond acceptors (Lipinski definition) is 3. The third-order valence-corrected chi connectivity index (χ3v) is 14.0. The predicted octanol–water partition coefficient (Wildman–Crippen LogP) is 15.2. The molecule has 12 rings (SSSR count). The quantitative estimate of drug-likeness (QED) is 0.175. The molecular weight excluding hydrogens is 764 g/mol. The average Bonchev–Trinajstić information content (AvgIpc) is 4.00. The molecule has 0 bridgehead atoms. The smallest absolute Gasteiger partial charge is 0.309 e. The van der Waals surface area contributed by atoms with Crippen LogP contribution in [0.1, 0.15) is 11.1 Å². The number of fused-ring (bicyclic) bond motifs is 14. The number of benzene rings is 8. The summed E-state index contributed by atoms with van der Waals surface area (Å²) < 4.78 is 53.3. The highest BCUT2D eigenvalue weighted by Gasteiger charge is 2.32. The van der Waals surface area contributed by atoms with E-state index >= 15 is 0 Å². The molecule has 0 amide bonds. The van der Waals surface area contributed by atoms with Crippen LogP contribution in [0.4, 0.5) is 13.2 Å². The van der Waals surface area contributed by atoms with Crippen LogP contribution in [-0.4, -0.2) is 9.13 Å². The van der Waals surface area contributed by atoms with Gasteiger partial charge < -0.3 is 9.13 Å². The molecule has 3 nitrogen and oxygen atoms in total. The number of nitriles is 1. The molecule has 4 heterocycles. The zero-order valence-electron chi connectivity index (χ0n) is 30.3. The lowest BCUT2D eigenvalue weighted by Gasteiger charge is -2.20. The van der Waals surface area contributed by atoms with Crippen molar-refractivity contribution in [1.29, 1.82) is 5.26 Å². The second kappa shape index (κ2) is 12.0. The highest BCUT2D eigenvalue weighted by Crippen LogP contribution is 2.48. The zero-order chi connectivity index (χ0) is 38.9. The number of rotatable bonds is 3. The standard InChI is InChI=1S/C50H26F3N3S2/c51-50(52,53)29-18-19-30(43(26-29)56-39-14-6-2-12-36(39)47-42(56)24-21-34-32-10-4-8-16-45(32)58-49(34)47)37-25-28(27-54)17-22-40(37)55-38-13-5-1-11-35(38)46-41(55)23-20-33-31-9-3-7-15-44(31)57-48(33)46/h1-26H. The fourth-order valence-electron chi connectivity index (χ4n) is 9.13. The molecule has 0 unspecified atom stereocenters. The Balaban J connectivity index is 1.21. The van der Waals surface area contributed by atoms with Gasteiger partial charge in [-0.3, -0.25) is 0 Å². The van der Waals surface area contributed by atoms with Crippen molar-refractivity contribution < 1.29 is 13.2 Å². The fraction of sp³-hybridized carbons (Fsp3) is 0.0200. The lowest BCUT2D eigenvalue weighted by atomic mass is 9.97. The van der Waals surface area contributed by atoms with Gasteiger partial charge in [-0.05, 0) is 66.7 Å². The monoisotopic (exact) mass is 789 g/mol. The van der Waals surface area contributed by atoms with Crippen molar-refractivity contribution in [1.82, 2.24) is 9.13 Å². The van der Waals surface area contributed by atoms with Gasteiger partial charge in [0.1, 0.15) is 0 Å². The second-order valence-electron chi connectivity index (χ2n) is 14.6. The van der Waals surface area contributed by atoms with Crippen molar-refractivity contribution in [3.05, 3.63) is 169 Å². The molecule has 0 fully saturated rings. The van der Waals surface area contributed by atoms with E-state index < -0.39 is 11.7 Å². The van der Waals surface area contributed by atoms with E-state index in [1.54, 1.807) is 34.8 Å². The van der Waals surface area contributed by atoms with Crippen LogP contribution in [0.3, 0.4) is 0 Å². The number of hydrogen-bond donors (Lipinski definition) is 0. The lowest BCUT2D eigenvalue weighted by molar-refractivity contribution is -0.137. The summed E-state index contributed by atoms with van der Waals surface area (Å²) in [7, 11) is 0. The highest BCUT2D eigenvalue weighted by atomic mass is 32.1. The Morgan fingerprint density at radius 1 is 0.448 bits per heavy atom. The van der Waals surface area contributed by atoms with Crippen molar-refractivity contribution in [2.75, 3.05) is 0 Å². The maximum Gasteiger partial charge on any atom is 0.416 e. The first-order valence-corrected chi connectivity index (χ1v) is 20.4. The molecule has 0 saturated carbocycles. The summed E-state index contributed by atoms with van der Waals surface area (Å²) >= 11 is 3.46. The number of aromatic nitrogens is 2. The highest BCUT2D eigenvalue weighted by molar-refractivity contribution is 7.27. The second-order valence-corrected chi connectivity index (χ2v) is 16.8. The van der Waals surface area contributed by atoms with Crippen LogP contribution >= 0.6 is 22.7 Å². The number of thiophene rings is 2. The summed E-state index contributed by atoms with van der Waals surface area (Å²) in [5.41, 5.74) is 5.57. The van der Waals surface area contributed by atoms with E-state index in [2.05, 4.69) is 83.4 Å². The molecule has 0 aliphatic heterocycles. The molecule has 8 heteroatoms. The van der Waals surface area contributed by atoms with Gasteiger partial charge in [0.05, 0.1) is 50.6 Å². The molecule has 0 N–H and O–H groups in total. The van der Waals surface area contributed by atoms with E-state index in [0.29, 0.717) is 22.4 Å². The fourth-order valence-corrected chi connectivity index (χ4v) is 11.6. The van der Waals surface area contributed by atoms with E-state index in [9.17, 15) is 18.4 Å². The first-order valence-electron chi connectivity index (χ1n) is 18.8. The lowest BCUT2D eigenvalue weighted by Crippen LogP contribution is -2.08. The Morgan fingerprint density at radius 3 is 1.52 bits per heavy atom. The first kappa shape index (κ1) is 33.2. The van der Waals surface area contributed by atoms with Gasteiger partial charge in [-0.15, -0.1) is 22.7 Å². The molecule has 58 heavy (non-hydrogen) atoms. The number of alkyl halides is 3. The molecule has 0 saturated heterocycles. The number of halogens is 3. The van der Waals surface area contributed by atoms with Gasteiger partial charge in [-0.1, -0.05) is 91.0 Å². The summed E-state index contributed by atoms with van der Waals surface area (Å²) in [6.07, 6.45) is -4.59. The van der Waals surface area contributed by atoms with E-state index in [1.807, 2.05) is 65.2 Å². The Bertz CT molecular complexity index is 3760. The van der Waals surface area contributed by atoms with Crippen LogP contribution in [0, 0.1) is 11.3 Å². The van der Waals surface area contributed by atoms with Crippen LogP contribution in [0.5, 0.6) is 0 Å². The first-order chi connectivity index (χ1) is 28.4. The van der Waals surface area contributed by atoms with Crippen molar-refractivity contribution >= 4 is 107 Å². The molecular formula is C50H26F3N3S2. The summed E-state index contributed by atoms with van der Waals surface area (Å²) in [4.78, 5) is 0. The van der Waals surface area contributed by atoms with E-state index in [1.165, 1.54) is 26.2 Å². The van der Waals surface area contributed by atoms with Gasteiger partial charge in [0, 0.05) is 73.0 Å². The van der Waals surface area contributed by atoms with Crippen LogP contribution in [-0.2, 0) is 6.18 Å². The SMILES string of the molecule is N#Cc1ccc(-n2c3ccccc3c3c4sc5ccccc5c4ccc32)c(-c2ccc(C(F)(F)F)cc2-n2c3ccccc3c3c4sc5ccccc5c4ccc32)c1. The topological polar surface area (TPSA) is 33.6 Å². The third-order valence-electron chi connectivity index (χ3n) is 11.6. The molecule has 0 spiro atoms. The maximum absolute atomic E-state index is 14.8. The molecule has 0 aliphatic carbocycles. The Morgan fingerprint density at radius 2 is 0.966 bits per heavy atom. The van der Waals surface area contributed by atoms with Crippen molar-refractivity contribution in [2.24, 2.45) is 0 Å². The molecule has 12 aromatic rings. The van der Waals surface area contributed by atoms with Gasteiger partial charge in [0.25, 0.3) is 0 Å². The van der Waals surface area contributed by atoms with Crippen LogP contribution in [0.25, 0.3) is 106 Å². The van der Waals surface area contributed by atoms with Crippen LogP contribution in [0.2, 0.25) is 0 Å². The molecule has 0 atom stereocenters. The average molecular weight is 790 g/mol. The molecule has 8 aromatic carbocycles. The van der Waals surface area contributed by atoms with Crippen molar-refractivity contribution in [3.63, 3.8) is 0 Å². The van der Waals surface area contributed by atoms with Gasteiger partial charge in [0.15, 0.2) is 0 Å². The zero-order valence-corrected chi connectivity index (χ0v) is 31.9. The third kappa shape index (κ3) is 4.60. The summed E-state index contributed by atoms with van der Waals surface area (Å²) in [6, 6.07) is 53.3. The molecule has 0 aliphatic rings. The molecule has 0 radical (unpaired) electrons. The summed E-state index contributed by atoms with van der Waals surface area (Å²) in [5.74, 6) is 0. The Kier molecular flexibility index (Phi) is 6.90. The van der Waals surface area contributed by atoms with Crippen LogP contribution in [0.15, 0.2) is 158 Å². The van der Waals surface area contributed by atoms with E-state index in [4.69, 9.17) is 0 Å². The minimum Gasteiger partial charge on any atom is -0.309 e. The van der Waals surface area contributed by atoms with Gasteiger partial charge in [-0.2, -0.15) is 18.4 Å². The minimum atomic E-state index is -4.59. The maximum atomic E-state index is 14.8. The van der Waals surface area contributed by atoms with Crippen molar-refractivity contribution in [2.45, 2.75) is 6.18 Å². The Labute approximate surface area is 336 Å². The summed E-state index contributed by atoms with van der Waals surface area (Å²) in [6.45, 7) is 0. The van der Waals surface area contributed by atoms with Crippen LogP contribution < -0.4 is 0 Å². The normalized spacial score (nSPS) is 12.4. The largest absolute Gasteiger partial charge is 0.416 e. The molecule has 4 aromatic heterocycles. The Hall–Kier alpha value is -6.92. The number of para-hydroxylation sites is 2. The minimum absolute atomic E-state index is 0.380. The van der Waals surface area contributed by atoms with E-state index in [-0.39, 0.29) is 0 Å².